The molecule has 1 aliphatic rings. The summed E-state index contributed by atoms with van der Waals surface area (Å²) in [6.07, 6.45) is 4.96. The zero-order valence-corrected chi connectivity index (χ0v) is 19.3. The number of likely N-dealkylation sites (tertiary alicyclic amines) is 1. The van der Waals surface area contributed by atoms with E-state index in [0.29, 0.717) is 12.6 Å². The van der Waals surface area contributed by atoms with E-state index in [4.69, 9.17) is 0 Å². The van der Waals surface area contributed by atoms with Crippen LogP contribution in [0.5, 0.6) is 0 Å². The van der Waals surface area contributed by atoms with Gasteiger partial charge in [0.25, 0.3) is 0 Å². The second-order valence-electron chi connectivity index (χ2n) is 5.87. The highest BCUT2D eigenvalue weighted by Gasteiger charge is 2.21. The fourth-order valence-corrected chi connectivity index (χ4v) is 4.27. The molecule has 2 rings (SSSR count). The molecule has 0 radical (unpaired) electrons. The number of thioether (sulfide) groups is 1. The number of carbonyl (C=O) groups is 1. The van der Waals surface area contributed by atoms with Crippen molar-refractivity contribution in [1.29, 1.82) is 0 Å². The maximum atomic E-state index is 11.4. The van der Waals surface area contributed by atoms with Gasteiger partial charge in [-0.2, -0.15) is 0 Å². The molecule has 0 spiro atoms. The number of nitrogens with zero attached hydrogens (tertiary/aromatic N) is 3. The van der Waals surface area contributed by atoms with Crippen molar-refractivity contribution < 1.29 is 4.79 Å². The normalized spacial score (nSPS) is 16.0. The average Bonchev–Trinajstić information content (AvgIpc) is 3.15. The number of likely N-dealkylation sites (N-methyl/N-ethyl adjacent to an activating group) is 1. The maximum Gasteiger partial charge on any atom is 0.233 e. The Bertz CT molecular complexity index is 535. The van der Waals surface area contributed by atoms with Crippen LogP contribution in [-0.4, -0.2) is 73.8 Å². The number of aliphatic imine (C=N–C) groups is 1. The summed E-state index contributed by atoms with van der Waals surface area (Å²) in [6, 6.07) is 0.414. The molecule has 1 saturated heterocycles. The summed E-state index contributed by atoms with van der Waals surface area (Å²) in [5.74, 6) is 2.00. The smallest absolute Gasteiger partial charge is 0.233 e. The molecule has 1 amide bonds. The summed E-state index contributed by atoms with van der Waals surface area (Å²) >= 11 is 3.48. The van der Waals surface area contributed by atoms with E-state index in [1.165, 1.54) is 0 Å². The van der Waals surface area contributed by atoms with Crippen molar-refractivity contribution in [2.24, 2.45) is 4.99 Å². The number of thiazole rings is 1. The number of carbonyl (C=O) groups excluding carboxylic acids is 1. The largest absolute Gasteiger partial charge is 0.358 e. The molecule has 1 aromatic heterocycles. The van der Waals surface area contributed by atoms with Gasteiger partial charge < -0.3 is 16.0 Å². The Balaban J connectivity index is 0.00000338. The van der Waals surface area contributed by atoms with E-state index in [1.54, 1.807) is 37.2 Å². The standard InChI is InChI=1S/C16H28N6OS2.HI/c1-17-14(23)12-22-8-4-13(5-9-22)21-15(18-2)19-6-3-10-24-16-20-7-11-25-16;/h7,11,13H,3-6,8-10,12H2,1-2H3,(H,17,23)(H2,18,19,21);1H. The Labute approximate surface area is 181 Å². The molecule has 1 aromatic rings. The first kappa shape index (κ1) is 23.4. The van der Waals surface area contributed by atoms with Crippen LogP contribution in [0.15, 0.2) is 20.9 Å². The second-order valence-corrected chi connectivity index (χ2v) is 8.10. The summed E-state index contributed by atoms with van der Waals surface area (Å²) in [5.41, 5.74) is 0. The molecule has 148 valence electrons. The molecule has 1 fully saturated rings. The lowest BCUT2D eigenvalue weighted by Crippen LogP contribution is -2.50. The third-order valence-corrected chi connectivity index (χ3v) is 6.10. The number of nitrogens with one attached hydrogen (secondary N) is 3. The van der Waals surface area contributed by atoms with Crippen LogP contribution >= 0.6 is 47.1 Å². The van der Waals surface area contributed by atoms with E-state index in [9.17, 15) is 4.79 Å². The highest BCUT2D eigenvalue weighted by molar-refractivity contribution is 14.0. The van der Waals surface area contributed by atoms with Crippen molar-refractivity contribution in [2.45, 2.75) is 29.6 Å². The van der Waals surface area contributed by atoms with E-state index in [2.05, 4.69) is 30.8 Å². The van der Waals surface area contributed by atoms with Gasteiger partial charge in [-0.15, -0.1) is 35.3 Å². The third kappa shape index (κ3) is 8.87. The summed E-state index contributed by atoms with van der Waals surface area (Å²) in [6.45, 7) is 3.26. The Morgan fingerprint density at radius 1 is 1.46 bits per heavy atom. The highest BCUT2D eigenvalue weighted by atomic mass is 127. The number of aromatic nitrogens is 1. The van der Waals surface area contributed by atoms with E-state index >= 15 is 0 Å². The van der Waals surface area contributed by atoms with Crippen molar-refractivity contribution >= 4 is 58.9 Å². The van der Waals surface area contributed by atoms with Crippen molar-refractivity contribution in [3.63, 3.8) is 0 Å². The highest BCUT2D eigenvalue weighted by Crippen LogP contribution is 2.20. The van der Waals surface area contributed by atoms with Gasteiger partial charge in [-0.1, -0.05) is 11.8 Å². The number of guanidine groups is 1. The lowest BCUT2D eigenvalue weighted by atomic mass is 10.1. The van der Waals surface area contributed by atoms with E-state index in [1.807, 2.05) is 11.6 Å². The zero-order chi connectivity index (χ0) is 17.9. The number of hydrogen-bond donors (Lipinski definition) is 3. The fraction of sp³-hybridized carbons (Fsp3) is 0.688. The zero-order valence-electron chi connectivity index (χ0n) is 15.4. The SMILES string of the molecule is CN=C(NCCCSc1nccs1)NC1CCN(CC(=O)NC)CC1.I. The van der Waals surface area contributed by atoms with Crippen LogP contribution < -0.4 is 16.0 Å². The molecular formula is C16H29IN6OS2. The minimum absolute atomic E-state index is 0. The molecule has 1 aliphatic heterocycles. The van der Waals surface area contributed by atoms with Gasteiger partial charge in [0.15, 0.2) is 5.96 Å². The van der Waals surface area contributed by atoms with Crippen molar-refractivity contribution in [1.82, 2.24) is 25.8 Å². The maximum absolute atomic E-state index is 11.4. The molecule has 3 N–H and O–H groups in total. The van der Waals surface area contributed by atoms with Gasteiger partial charge in [0, 0.05) is 57.1 Å². The van der Waals surface area contributed by atoms with E-state index in [0.717, 1.165) is 54.9 Å². The van der Waals surface area contributed by atoms with Crippen molar-refractivity contribution in [3.05, 3.63) is 11.6 Å². The Hall–Kier alpha value is -0.590. The predicted molar refractivity (Wildman–Crippen MR) is 121 cm³/mol. The third-order valence-electron chi connectivity index (χ3n) is 4.05. The summed E-state index contributed by atoms with van der Waals surface area (Å²) in [5, 5.41) is 11.6. The van der Waals surface area contributed by atoms with Crippen LogP contribution in [0.25, 0.3) is 0 Å². The van der Waals surface area contributed by atoms with Gasteiger partial charge in [-0.3, -0.25) is 14.7 Å². The fourth-order valence-electron chi connectivity index (χ4n) is 2.63. The Kier molecular flexibility index (Phi) is 12.2. The van der Waals surface area contributed by atoms with Crippen LogP contribution in [0.3, 0.4) is 0 Å². The molecule has 0 aliphatic carbocycles. The Morgan fingerprint density at radius 3 is 2.85 bits per heavy atom. The first-order valence-corrected chi connectivity index (χ1v) is 10.5. The summed E-state index contributed by atoms with van der Waals surface area (Å²) < 4.78 is 1.13. The first-order valence-electron chi connectivity index (χ1n) is 8.63. The van der Waals surface area contributed by atoms with Crippen LogP contribution in [0.4, 0.5) is 0 Å². The lowest BCUT2D eigenvalue weighted by molar-refractivity contribution is -0.122. The molecule has 26 heavy (non-hydrogen) atoms. The average molecular weight is 512 g/mol. The van der Waals surface area contributed by atoms with Crippen LogP contribution in [-0.2, 0) is 4.79 Å². The topological polar surface area (TPSA) is 81.7 Å². The van der Waals surface area contributed by atoms with Gasteiger partial charge in [0.2, 0.25) is 5.91 Å². The molecule has 0 unspecified atom stereocenters. The first-order chi connectivity index (χ1) is 12.2. The molecule has 2 heterocycles. The predicted octanol–water partition coefficient (Wildman–Crippen LogP) is 1.62. The Morgan fingerprint density at radius 2 is 2.23 bits per heavy atom. The lowest BCUT2D eigenvalue weighted by Gasteiger charge is -2.32. The van der Waals surface area contributed by atoms with Crippen LogP contribution in [0.1, 0.15) is 19.3 Å². The molecule has 7 nitrogen and oxygen atoms in total. The monoisotopic (exact) mass is 512 g/mol. The van der Waals surface area contributed by atoms with E-state index < -0.39 is 0 Å². The molecule has 10 heteroatoms. The summed E-state index contributed by atoms with van der Waals surface area (Å²) in [7, 11) is 3.49. The van der Waals surface area contributed by atoms with Gasteiger partial charge >= 0.3 is 0 Å². The van der Waals surface area contributed by atoms with E-state index in [-0.39, 0.29) is 29.9 Å². The number of hydrogen-bond acceptors (Lipinski definition) is 6. The van der Waals surface area contributed by atoms with Crippen LogP contribution in [0.2, 0.25) is 0 Å². The molecule has 0 saturated carbocycles. The van der Waals surface area contributed by atoms with Crippen molar-refractivity contribution in [3.8, 4) is 0 Å². The molecule has 0 bridgehead atoms. The minimum atomic E-state index is 0. The number of halogens is 1. The van der Waals surface area contributed by atoms with Gasteiger partial charge in [0.1, 0.15) is 4.34 Å². The quantitative estimate of drug-likeness (QED) is 0.162. The number of piperidine rings is 1. The minimum Gasteiger partial charge on any atom is -0.358 e. The molecular weight excluding hydrogens is 483 g/mol. The molecule has 0 aromatic carbocycles. The van der Waals surface area contributed by atoms with Gasteiger partial charge in [-0.05, 0) is 19.3 Å². The second kappa shape index (κ2) is 13.6. The van der Waals surface area contributed by atoms with Crippen molar-refractivity contribution in [2.75, 3.05) is 46.0 Å². The van der Waals surface area contributed by atoms with Gasteiger partial charge in [-0.25, -0.2) is 4.98 Å². The number of rotatable bonds is 8. The number of amides is 1. The molecule has 0 atom stereocenters. The summed E-state index contributed by atoms with van der Waals surface area (Å²) in [4.78, 5) is 22.2. The van der Waals surface area contributed by atoms with Crippen LogP contribution in [0, 0.1) is 0 Å². The van der Waals surface area contributed by atoms with Gasteiger partial charge in [0.05, 0.1) is 6.54 Å².